The standard InChI is InChI=1S/C4H6FI/c5-4(3-6)1-2-4/h1-3H2. The van der Waals surface area contributed by atoms with E-state index in [0.29, 0.717) is 4.43 Å². The van der Waals surface area contributed by atoms with Crippen molar-refractivity contribution in [1.29, 1.82) is 0 Å². The van der Waals surface area contributed by atoms with Crippen LogP contribution in [0.3, 0.4) is 0 Å². The zero-order valence-corrected chi connectivity index (χ0v) is 5.53. The lowest BCUT2D eigenvalue weighted by molar-refractivity contribution is 0.350. The molecule has 0 atom stereocenters. The highest BCUT2D eigenvalue weighted by atomic mass is 127. The third-order valence-corrected chi connectivity index (χ3v) is 2.40. The molecule has 0 bridgehead atoms. The van der Waals surface area contributed by atoms with E-state index in [4.69, 9.17) is 0 Å². The first kappa shape index (κ1) is 4.81. The van der Waals surface area contributed by atoms with Crippen molar-refractivity contribution in [1.82, 2.24) is 0 Å². The first-order valence-electron chi connectivity index (χ1n) is 2.02. The van der Waals surface area contributed by atoms with E-state index in [9.17, 15) is 4.39 Å². The molecule has 0 N–H and O–H groups in total. The van der Waals surface area contributed by atoms with Crippen LogP contribution in [0.5, 0.6) is 0 Å². The topological polar surface area (TPSA) is 0 Å². The Labute approximate surface area is 50.3 Å². The van der Waals surface area contributed by atoms with Gasteiger partial charge in [0.15, 0.2) is 0 Å². The van der Waals surface area contributed by atoms with Gasteiger partial charge in [0, 0.05) is 4.43 Å². The van der Waals surface area contributed by atoms with E-state index in [1.54, 1.807) is 0 Å². The molecule has 0 spiro atoms. The van der Waals surface area contributed by atoms with E-state index in [1.807, 2.05) is 0 Å². The van der Waals surface area contributed by atoms with Gasteiger partial charge in [0.1, 0.15) is 5.67 Å². The molecule has 0 heterocycles. The Morgan fingerprint density at radius 1 is 1.67 bits per heavy atom. The fourth-order valence-electron chi connectivity index (χ4n) is 0.269. The first-order valence-corrected chi connectivity index (χ1v) is 3.54. The highest BCUT2D eigenvalue weighted by Gasteiger charge is 2.41. The zero-order valence-electron chi connectivity index (χ0n) is 3.38. The number of hydrogen-bond donors (Lipinski definition) is 0. The Balaban J connectivity index is 2.28. The summed E-state index contributed by atoms with van der Waals surface area (Å²) in [5, 5.41) is 0. The summed E-state index contributed by atoms with van der Waals surface area (Å²) < 4.78 is 12.9. The van der Waals surface area contributed by atoms with Crippen LogP contribution < -0.4 is 0 Å². The minimum atomic E-state index is -0.722. The van der Waals surface area contributed by atoms with Crippen molar-refractivity contribution in [2.75, 3.05) is 4.43 Å². The van der Waals surface area contributed by atoms with E-state index in [2.05, 4.69) is 22.6 Å². The maximum atomic E-state index is 12.2. The number of rotatable bonds is 1. The molecule has 0 radical (unpaired) electrons. The lowest BCUT2D eigenvalue weighted by atomic mass is 10.5. The van der Waals surface area contributed by atoms with Crippen molar-refractivity contribution < 1.29 is 4.39 Å². The molecule has 1 aliphatic rings. The molecule has 0 aromatic rings. The van der Waals surface area contributed by atoms with Gasteiger partial charge in [0.25, 0.3) is 0 Å². The normalized spacial score (nSPS) is 27.0. The van der Waals surface area contributed by atoms with Gasteiger partial charge in [-0.1, -0.05) is 22.6 Å². The van der Waals surface area contributed by atoms with E-state index >= 15 is 0 Å². The second-order valence-corrected chi connectivity index (χ2v) is 2.55. The van der Waals surface area contributed by atoms with Crippen molar-refractivity contribution >= 4 is 22.6 Å². The van der Waals surface area contributed by atoms with E-state index in [1.165, 1.54) is 0 Å². The Morgan fingerprint density at radius 2 is 2.17 bits per heavy atom. The highest BCUT2D eigenvalue weighted by Crippen LogP contribution is 2.40. The average Bonchev–Trinajstić information content (AvgIpc) is 2.22. The van der Waals surface area contributed by atoms with Crippen LogP contribution in [0.1, 0.15) is 12.8 Å². The van der Waals surface area contributed by atoms with Crippen LogP contribution in [0, 0.1) is 0 Å². The van der Waals surface area contributed by atoms with Gasteiger partial charge in [-0.3, -0.25) is 0 Å². The van der Waals surface area contributed by atoms with E-state index in [-0.39, 0.29) is 0 Å². The Morgan fingerprint density at radius 3 is 2.17 bits per heavy atom. The second kappa shape index (κ2) is 1.32. The van der Waals surface area contributed by atoms with Crippen LogP contribution in [-0.2, 0) is 0 Å². The summed E-state index contributed by atoms with van der Waals surface area (Å²) in [6, 6.07) is 0. The van der Waals surface area contributed by atoms with Crippen LogP contribution in [0.25, 0.3) is 0 Å². The van der Waals surface area contributed by atoms with Gasteiger partial charge in [-0.2, -0.15) is 0 Å². The summed E-state index contributed by atoms with van der Waals surface area (Å²) in [4.78, 5) is 0. The monoisotopic (exact) mass is 200 g/mol. The van der Waals surface area contributed by atoms with Gasteiger partial charge >= 0.3 is 0 Å². The van der Waals surface area contributed by atoms with Crippen LogP contribution in [0.15, 0.2) is 0 Å². The maximum absolute atomic E-state index is 12.2. The van der Waals surface area contributed by atoms with Gasteiger partial charge in [0.05, 0.1) is 0 Å². The van der Waals surface area contributed by atoms with Crippen LogP contribution in [-0.4, -0.2) is 10.1 Å². The minimum absolute atomic E-state index is 0.685. The number of alkyl halides is 2. The Hall–Kier alpha value is 0.660. The molecule has 0 aliphatic heterocycles. The number of hydrogen-bond acceptors (Lipinski definition) is 0. The maximum Gasteiger partial charge on any atom is 0.120 e. The van der Waals surface area contributed by atoms with Gasteiger partial charge in [-0.25, -0.2) is 4.39 Å². The summed E-state index contributed by atoms with van der Waals surface area (Å²) in [6.07, 6.45) is 1.60. The first-order chi connectivity index (χ1) is 2.77. The van der Waals surface area contributed by atoms with E-state index < -0.39 is 5.67 Å². The third-order valence-electron chi connectivity index (χ3n) is 1.03. The van der Waals surface area contributed by atoms with Crippen molar-refractivity contribution in [2.45, 2.75) is 18.5 Å². The molecule has 36 valence electrons. The Kier molecular flexibility index (Phi) is 1.06. The molecule has 0 aromatic heterocycles. The van der Waals surface area contributed by atoms with Crippen LogP contribution in [0.4, 0.5) is 4.39 Å². The van der Waals surface area contributed by atoms with E-state index in [0.717, 1.165) is 12.8 Å². The average molecular weight is 200 g/mol. The minimum Gasteiger partial charge on any atom is -0.243 e. The predicted octanol–water partition coefficient (Wildman–Crippen LogP) is 1.92. The molecule has 0 amide bonds. The molecule has 6 heavy (non-hydrogen) atoms. The molecule has 2 heteroatoms. The van der Waals surface area contributed by atoms with Crippen LogP contribution in [0.2, 0.25) is 0 Å². The molecule has 0 saturated heterocycles. The number of halogens is 2. The molecule has 0 aromatic carbocycles. The summed E-state index contributed by atoms with van der Waals surface area (Å²) in [6.45, 7) is 0. The molecule has 0 nitrogen and oxygen atoms in total. The highest BCUT2D eigenvalue weighted by molar-refractivity contribution is 14.1. The van der Waals surface area contributed by atoms with Crippen molar-refractivity contribution in [2.24, 2.45) is 0 Å². The smallest absolute Gasteiger partial charge is 0.120 e. The summed E-state index contributed by atoms with van der Waals surface area (Å²) in [5.41, 5.74) is -0.722. The van der Waals surface area contributed by atoms with Crippen LogP contribution >= 0.6 is 22.6 Å². The molecular formula is C4H6FI. The van der Waals surface area contributed by atoms with Gasteiger partial charge in [-0.05, 0) is 12.8 Å². The predicted molar refractivity (Wildman–Crippen MR) is 32.0 cm³/mol. The molecule has 1 rings (SSSR count). The lowest BCUT2D eigenvalue weighted by Gasteiger charge is -1.90. The fraction of sp³-hybridized carbons (Fsp3) is 1.00. The quantitative estimate of drug-likeness (QED) is 0.448. The fourth-order valence-corrected chi connectivity index (χ4v) is 1.03. The molecule has 1 saturated carbocycles. The molecule has 0 unspecified atom stereocenters. The summed E-state index contributed by atoms with van der Waals surface area (Å²) in [5.74, 6) is 0. The Bertz CT molecular complexity index is 58.6. The van der Waals surface area contributed by atoms with Crippen molar-refractivity contribution in [3.63, 3.8) is 0 Å². The zero-order chi connectivity index (χ0) is 4.62. The lowest BCUT2D eigenvalue weighted by Crippen LogP contribution is -1.97. The van der Waals surface area contributed by atoms with Gasteiger partial charge in [0.2, 0.25) is 0 Å². The van der Waals surface area contributed by atoms with Crippen molar-refractivity contribution in [3.8, 4) is 0 Å². The third kappa shape index (κ3) is 0.832. The summed E-state index contributed by atoms with van der Waals surface area (Å²) >= 11 is 2.08. The van der Waals surface area contributed by atoms with Gasteiger partial charge in [-0.15, -0.1) is 0 Å². The van der Waals surface area contributed by atoms with Gasteiger partial charge < -0.3 is 0 Å². The SMILES string of the molecule is FC1(CI)CC1. The molecule has 1 fully saturated rings. The molecule has 1 aliphatic carbocycles. The van der Waals surface area contributed by atoms with Crippen molar-refractivity contribution in [3.05, 3.63) is 0 Å². The summed E-state index contributed by atoms with van der Waals surface area (Å²) in [7, 11) is 0. The second-order valence-electron chi connectivity index (χ2n) is 1.78. The largest absolute Gasteiger partial charge is 0.243 e. The molecular weight excluding hydrogens is 194 g/mol.